The van der Waals surface area contributed by atoms with E-state index in [1.807, 2.05) is 0 Å². The third-order valence-corrected chi connectivity index (χ3v) is 4.17. The van der Waals surface area contributed by atoms with Gasteiger partial charge in [0.25, 0.3) is 0 Å². The molecule has 20 heavy (non-hydrogen) atoms. The maximum absolute atomic E-state index is 13.4. The summed E-state index contributed by atoms with van der Waals surface area (Å²) in [7, 11) is -1.39. The predicted octanol–water partition coefficient (Wildman–Crippen LogP) is 2.91. The van der Waals surface area contributed by atoms with Crippen LogP contribution in [-0.4, -0.2) is 9.32 Å². The van der Waals surface area contributed by atoms with Gasteiger partial charge < -0.3 is 5.11 Å². The number of benzene rings is 2. The summed E-state index contributed by atoms with van der Waals surface area (Å²) in [6.07, 6.45) is 0. The molecule has 0 spiro atoms. The second-order valence-electron chi connectivity index (χ2n) is 4.40. The molecule has 1 N–H and O–H groups in total. The van der Waals surface area contributed by atoms with Gasteiger partial charge in [0.15, 0.2) is 0 Å². The molecule has 0 heterocycles. The molecule has 0 amide bonds. The topological polar surface area (TPSA) is 37.3 Å². The smallest absolute Gasteiger partial charge is 0.130 e. The van der Waals surface area contributed by atoms with E-state index in [-0.39, 0.29) is 23.7 Å². The maximum Gasteiger partial charge on any atom is 0.130 e. The van der Waals surface area contributed by atoms with E-state index in [4.69, 9.17) is 5.11 Å². The van der Waals surface area contributed by atoms with E-state index in [1.54, 1.807) is 24.3 Å². The van der Waals surface area contributed by atoms with Crippen LogP contribution in [0.2, 0.25) is 0 Å². The molecule has 0 saturated heterocycles. The molecule has 2 aromatic carbocycles. The van der Waals surface area contributed by atoms with Crippen LogP contribution in [0.4, 0.5) is 8.78 Å². The van der Waals surface area contributed by atoms with Crippen LogP contribution in [0.1, 0.15) is 16.7 Å². The first-order valence-electron chi connectivity index (χ1n) is 6.06. The van der Waals surface area contributed by atoms with Crippen molar-refractivity contribution in [3.8, 4) is 0 Å². The van der Waals surface area contributed by atoms with Crippen molar-refractivity contribution in [2.45, 2.75) is 18.1 Å². The highest BCUT2D eigenvalue weighted by Gasteiger charge is 2.12. The van der Waals surface area contributed by atoms with Crippen molar-refractivity contribution in [2.75, 3.05) is 0 Å². The lowest BCUT2D eigenvalue weighted by molar-refractivity contribution is 0.282. The van der Waals surface area contributed by atoms with Gasteiger partial charge in [-0.3, -0.25) is 4.21 Å². The molecule has 0 bridgehead atoms. The van der Waals surface area contributed by atoms with Gasteiger partial charge in [0, 0.05) is 22.1 Å². The quantitative estimate of drug-likeness (QED) is 0.921. The Balaban J connectivity index is 2.05. The minimum atomic E-state index is -1.39. The molecule has 0 aliphatic rings. The van der Waals surface area contributed by atoms with Crippen LogP contribution in [0.5, 0.6) is 0 Å². The third kappa shape index (κ3) is 3.71. The van der Waals surface area contributed by atoms with E-state index in [2.05, 4.69) is 0 Å². The van der Waals surface area contributed by atoms with Crippen LogP contribution in [0.25, 0.3) is 0 Å². The Morgan fingerprint density at radius 2 is 1.45 bits per heavy atom. The van der Waals surface area contributed by atoms with E-state index in [9.17, 15) is 13.0 Å². The van der Waals surface area contributed by atoms with E-state index in [0.29, 0.717) is 0 Å². The summed E-state index contributed by atoms with van der Waals surface area (Å²) in [5.74, 6) is -1.28. The van der Waals surface area contributed by atoms with Crippen molar-refractivity contribution in [2.24, 2.45) is 0 Å². The van der Waals surface area contributed by atoms with Gasteiger partial charge in [-0.1, -0.05) is 30.3 Å². The van der Waals surface area contributed by atoms with Crippen LogP contribution in [0.3, 0.4) is 0 Å². The highest BCUT2D eigenvalue weighted by atomic mass is 32.2. The molecule has 2 aromatic rings. The van der Waals surface area contributed by atoms with Crippen LogP contribution >= 0.6 is 0 Å². The molecule has 0 aliphatic carbocycles. The van der Waals surface area contributed by atoms with Crippen LogP contribution in [0.15, 0.2) is 42.5 Å². The van der Waals surface area contributed by atoms with Crippen LogP contribution in [-0.2, 0) is 28.9 Å². The molecule has 106 valence electrons. The first-order chi connectivity index (χ1) is 9.60. The Kier molecular flexibility index (Phi) is 4.98. The molecular weight excluding hydrogens is 282 g/mol. The van der Waals surface area contributed by atoms with E-state index in [1.165, 1.54) is 6.07 Å². The zero-order valence-electron chi connectivity index (χ0n) is 10.7. The molecule has 0 aliphatic heterocycles. The Bertz CT molecular complexity index is 592. The van der Waals surface area contributed by atoms with Crippen molar-refractivity contribution >= 4 is 10.8 Å². The molecule has 5 heteroatoms. The fourth-order valence-corrected chi connectivity index (χ4v) is 3.07. The summed E-state index contributed by atoms with van der Waals surface area (Å²) in [6.45, 7) is -0.0518. The Morgan fingerprint density at radius 1 is 0.900 bits per heavy atom. The summed E-state index contributed by atoms with van der Waals surface area (Å²) < 4.78 is 38.9. The summed E-state index contributed by atoms with van der Waals surface area (Å²) in [4.78, 5) is 0. The van der Waals surface area contributed by atoms with Gasteiger partial charge in [0.2, 0.25) is 0 Å². The number of halogens is 2. The fraction of sp³-hybridized carbons (Fsp3) is 0.200. The third-order valence-electron chi connectivity index (χ3n) is 2.90. The van der Waals surface area contributed by atoms with Gasteiger partial charge in [-0.2, -0.15) is 0 Å². The van der Waals surface area contributed by atoms with Crippen molar-refractivity contribution in [1.29, 1.82) is 0 Å². The monoisotopic (exact) mass is 296 g/mol. The van der Waals surface area contributed by atoms with E-state index >= 15 is 0 Å². The van der Waals surface area contributed by atoms with Gasteiger partial charge in [-0.05, 0) is 23.3 Å². The summed E-state index contributed by atoms with van der Waals surface area (Å²) >= 11 is 0. The molecule has 0 fully saturated rings. The number of aliphatic hydroxyl groups excluding tert-OH is 1. The van der Waals surface area contributed by atoms with Crippen LogP contribution < -0.4 is 0 Å². The van der Waals surface area contributed by atoms with Crippen molar-refractivity contribution in [3.63, 3.8) is 0 Å². The lowest BCUT2D eigenvalue weighted by Gasteiger charge is -2.06. The van der Waals surface area contributed by atoms with Crippen molar-refractivity contribution < 1.29 is 18.1 Å². The standard InChI is InChI=1S/C15H14F2O2S/c16-14-2-1-3-15(17)13(14)10-20(19)9-12-6-4-11(8-18)5-7-12/h1-7,18H,8-10H2. The Labute approximate surface area is 118 Å². The van der Waals surface area contributed by atoms with Gasteiger partial charge in [0.05, 0.1) is 12.4 Å². The lowest BCUT2D eigenvalue weighted by Crippen LogP contribution is -2.04. The van der Waals surface area contributed by atoms with Gasteiger partial charge in [-0.25, -0.2) is 8.78 Å². The average molecular weight is 296 g/mol. The molecule has 1 atom stereocenters. The first kappa shape index (κ1) is 14.8. The second kappa shape index (κ2) is 6.72. The molecule has 0 saturated carbocycles. The zero-order chi connectivity index (χ0) is 14.5. The van der Waals surface area contributed by atoms with Gasteiger partial charge in [0.1, 0.15) is 11.6 Å². The van der Waals surface area contributed by atoms with Crippen molar-refractivity contribution in [3.05, 3.63) is 70.8 Å². The van der Waals surface area contributed by atoms with Gasteiger partial charge >= 0.3 is 0 Å². The SMILES string of the molecule is O=S(Cc1ccc(CO)cc1)Cc1c(F)cccc1F. The summed E-state index contributed by atoms with van der Waals surface area (Å²) in [5.41, 5.74) is 1.43. The second-order valence-corrected chi connectivity index (χ2v) is 5.86. The first-order valence-corrected chi connectivity index (χ1v) is 7.55. The molecule has 0 radical (unpaired) electrons. The molecule has 2 rings (SSSR count). The summed E-state index contributed by atoms with van der Waals surface area (Å²) in [6, 6.07) is 10.6. The van der Waals surface area contributed by atoms with E-state index in [0.717, 1.165) is 23.3 Å². The largest absolute Gasteiger partial charge is 0.392 e. The van der Waals surface area contributed by atoms with Crippen molar-refractivity contribution in [1.82, 2.24) is 0 Å². The summed E-state index contributed by atoms with van der Waals surface area (Å²) in [5, 5.41) is 8.92. The predicted molar refractivity (Wildman–Crippen MR) is 74.3 cm³/mol. The maximum atomic E-state index is 13.4. The zero-order valence-corrected chi connectivity index (χ0v) is 11.5. The Morgan fingerprint density at radius 3 is 2.00 bits per heavy atom. The molecule has 1 unspecified atom stereocenters. The molecule has 0 aromatic heterocycles. The van der Waals surface area contributed by atoms with Gasteiger partial charge in [-0.15, -0.1) is 0 Å². The Hall–Kier alpha value is -1.59. The normalized spacial score (nSPS) is 12.3. The number of rotatable bonds is 5. The highest BCUT2D eigenvalue weighted by molar-refractivity contribution is 7.83. The molecule has 2 nitrogen and oxygen atoms in total. The minimum absolute atomic E-state index is 0.0518. The minimum Gasteiger partial charge on any atom is -0.392 e. The number of hydrogen-bond donors (Lipinski definition) is 1. The number of aliphatic hydroxyl groups is 1. The lowest BCUT2D eigenvalue weighted by atomic mass is 10.2. The van der Waals surface area contributed by atoms with Crippen LogP contribution in [0, 0.1) is 11.6 Å². The average Bonchev–Trinajstić information content (AvgIpc) is 2.44. The number of hydrogen-bond acceptors (Lipinski definition) is 2. The fourth-order valence-electron chi connectivity index (χ4n) is 1.81. The molecular formula is C15H14F2O2S. The highest BCUT2D eigenvalue weighted by Crippen LogP contribution is 2.16. The van der Waals surface area contributed by atoms with E-state index < -0.39 is 22.4 Å².